The van der Waals surface area contributed by atoms with Gasteiger partial charge >= 0.3 is 0 Å². The van der Waals surface area contributed by atoms with Crippen LogP contribution in [0.1, 0.15) is 37.1 Å². The monoisotopic (exact) mass is 260 g/mol. The van der Waals surface area contributed by atoms with Crippen LogP contribution in [-0.2, 0) is 13.0 Å². The molecule has 0 bridgehead atoms. The summed E-state index contributed by atoms with van der Waals surface area (Å²) in [5.41, 5.74) is 10.6. The number of aromatic nitrogens is 1. The van der Waals surface area contributed by atoms with E-state index >= 15 is 0 Å². The van der Waals surface area contributed by atoms with Gasteiger partial charge in [0.25, 0.3) is 0 Å². The zero-order chi connectivity index (χ0) is 12.7. The average Bonchev–Trinajstić information content (AvgIpc) is 2.97. The van der Waals surface area contributed by atoms with Crippen molar-refractivity contribution < 1.29 is 0 Å². The van der Waals surface area contributed by atoms with Crippen molar-refractivity contribution in [2.75, 3.05) is 6.26 Å². The van der Waals surface area contributed by atoms with E-state index in [0.717, 1.165) is 13.0 Å². The molecule has 0 aliphatic carbocycles. The third-order valence-corrected chi connectivity index (χ3v) is 4.75. The van der Waals surface area contributed by atoms with Crippen molar-refractivity contribution in [3.05, 3.63) is 29.5 Å². The highest BCUT2D eigenvalue weighted by Gasteiger charge is 2.23. The van der Waals surface area contributed by atoms with E-state index in [1.54, 1.807) is 11.8 Å². The molecule has 2 heterocycles. The van der Waals surface area contributed by atoms with Crippen LogP contribution in [0.3, 0.4) is 0 Å². The lowest BCUT2D eigenvalue weighted by molar-refractivity contribution is 0.693. The van der Waals surface area contributed by atoms with Crippen LogP contribution in [0.25, 0.3) is 10.9 Å². The number of fused-ring (bicyclic) bond motifs is 3. The Morgan fingerprint density at radius 2 is 2.28 bits per heavy atom. The topological polar surface area (TPSA) is 30.9 Å². The summed E-state index contributed by atoms with van der Waals surface area (Å²) in [5, 5.41) is 1.38. The summed E-state index contributed by atoms with van der Waals surface area (Å²) in [6, 6.07) is 6.98. The van der Waals surface area contributed by atoms with Gasteiger partial charge in [0.2, 0.25) is 0 Å². The summed E-state index contributed by atoms with van der Waals surface area (Å²) in [6.07, 6.45) is 5.59. The van der Waals surface area contributed by atoms with Crippen LogP contribution < -0.4 is 5.73 Å². The van der Waals surface area contributed by atoms with E-state index in [-0.39, 0.29) is 6.04 Å². The molecule has 18 heavy (non-hydrogen) atoms. The summed E-state index contributed by atoms with van der Waals surface area (Å²) >= 11 is 1.80. The van der Waals surface area contributed by atoms with Crippen molar-refractivity contribution >= 4 is 22.7 Å². The number of hydrogen-bond donors (Lipinski definition) is 1. The zero-order valence-corrected chi connectivity index (χ0v) is 11.9. The van der Waals surface area contributed by atoms with Gasteiger partial charge < -0.3 is 10.3 Å². The molecule has 1 aliphatic heterocycles. The minimum absolute atomic E-state index is 0.180. The molecule has 1 aromatic carbocycles. The number of nitrogens with two attached hydrogens (primary N) is 1. The maximum Gasteiger partial charge on any atom is 0.0486 e. The molecule has 1 atom stereocenters. The lowest BCUT2D eigenvalue weighted by Gasteiger charge is -2.10. The van der Waals surface area contributed by atoms with Crippen LogP contribution in [0.5, 0.6) is 0 Å². The molecular weight excluding hydrogens is 240 g/mol. The molecule has 0 spiro atoms. The second-order valence-corrected chi connectivity index (χ2v) is 5.89. The first-order valence-corrected chi connectivity index (χ1v) is 7.93. The van der Waals surface area contributed by atoms with Crippen LogP contribution in [0.2, 0.25) is 0 Å². The van der Waals surface area contributed by atoms with Gasteiger partial charge in [-0.1, -0.05) is 6.92 Å². The molecule has 96 valence electrons. The number of rotatable bonds is 3. The van der Waals surface area contributed by atoms with Gasteiger partial charge in [-0.15, -0.1) is 11.8 Å². The number of nitrogens with zero attached hydrogens (tertiary/aromatic N) is 1. The highest BCUT2D eigenvalue weighted by molar-refractivity contribution is 7.98. The first kappa shape index (κ1) is 12.1. The third-order valence-electron chi connectivity index (χ3n) is 4.03. The highest BCUT2D eigenvalue weighted by atomic mass is 32.2. The van der Waals surface area contributed by atoms with Gasteiger partial charge in [-0.3, -0.25) is 0 Å². The van der Waals surface area contributed by atoms with Gasteiger partial charge in [-0.2, -0.15) is 0 Å². The fraction of sp³-hybridized carbons (Fsp3) is 0.467. The molecule has 0 fully saturated rings. The van der Waals surface area contributed by atoms with E-state index in [0.29, 0.717) is 0 Å². The van der Waals surface area contributed by atoms with Crippen molar-refractivity contribution in [2.24, 2.45) is 5.73 Å². The highest BCUT2D eigenvalue weighted by Crippen LogP contribution is 2.37. The van der Waals surface area contributed by atoms with E-state index < -0.39 is 0 Å². The quantitative estimate of drug-likeness (QED) is 0.853. The predicted octanol–water partition coefficient (Wildman–Crippen LogP) is 3.72. The SMILES string of the molecule is CC[C@H](N)c1c2n(c3ccc(SC)cc13)CCC2. The minimum atomic E-state index is 0.180. The Kier molecular flexibility index (Phi) is 3.12. The first-order valence-electron chi connectivity index (χ1n) is 6.70. The summed E-state index contributed by atoms with van der Waals surface area (Å²) in [4.78, 5) is 1.33. The third kappa shape index (κ3) is 1.69. The summed E-state index contributed by atoms with van der Waals surface area (Å²) in [6.45, 7) is 3.33. The molecule has 1 aliphatic rings. The second kappa shape index (κ2) is 4.63. The summed E-state index contributed by atoms with van der Waals surface area (Å²) < 4.78 is 2.48. The van der Waals surface area contributed by atoms with Gasteiger partial charge in [0.15, 0.2) is 0 Å². The Bertz CT molecular complexity index is 586. The molecule has 2 nitrogen and oxygen atoms in total. The van der Waals surface area contributed by atoms with Gasteiger partial charge in [0.1, 0.15) is 0 Å². The molecule has 0 radical (unpaired) electrons. The van der Waals surface area contributed by atoms with Gasteiger partial charge in [-0.05, 0) is 49.3 Å². The fourth-order valence-corrected chi connectivity index (χ4v) is 3.53. The Balaban J connectivity index is 2.29. The van der Waals surface area contributed by atoms with Crippen molar-refractivity contribution in [3.63, 3.8) is 0 Å². The second-order valence-electron chi connectivity index (χ2n) is 5.01. The van der Waals surface area contributed by atoms with E-state index in [2.05, 4.69) is 35.9 Å². The Morgan fingerprint density at radius 1 is 1.44 bits per heavy atom. The smallest absolute Gasteiger partial charge is 0.0486 e. The fourth-order valence-electron chi connectivity index (χ4n) is 3.09. The molecule has 1 aromatic heterocycles. The lowest BCUT2D eigenvalue weighted by Crippen LogP contribution is -2.10. The first-order chi connectivity index (χ1) is 8.76. The van der Waals surface area contributed by atoms with Crippen LogP contribution >= 0.6 is 11.8 Å². The van der Waals surface area contributed by atoms with Crippen LogP contribution in [0, 0.1) is 0 Å². The maximum atomic E-state index is 6.35. The zero-order valence-electron chi connectivity index (χ0n) is 11.1. The number of hydrogen-bond acceptors (Lipinski definition) is 2. The van der Waals surface area contributed by atoms with Gasteiger partial charge in [0, 0.05) is 34.1 Å². The summed E-state index contributed by atoms with van der Waals surface area (Å²) in [7, 11) is 0. The normalized spacial score (nSPS) is 16.2. The van der Waals surface area contributed by atoms with Crippen molar-refractivity contribution in [1.82, 2.24) is 4.57 Å². The maximum absolute atomic E-state index is 6.35. The van der Waals surface area contributed by atoms with Crippen LogP contribution in [-0.4, -0.2) is 10.8 Å². The Labute approximate surface area is 113 Å². The van der Waals surface area contributed by atoms with Crippen molar-refractivity contribution in [1.29, 1.82) is 0 Å². The predicted molar refractivity (Wildman–Crippen MR) is 79.3 cm³/mol. The molecule has 0 unspecified atom stereocenters. The van der Waals surface area contributed by atoms with E-state index in [1.807, 2.05) is 0 Å². The van der Waals surface area contributed by atoms with E-state index in [1.165, 1.54) is 39.9 Å². The average molecular weight is 260 g/mol. The van der Waals surface area contributed by atoms with E-state index in [9.17, 15) is 0 Å². The van der Waals surface area contributed by atoms with Crippen molar-refractivity contribution in [3.8, 4) is 0 Å². The minimum Gasteiger partial charge on any atom is -0.344 e. The van der Waals surface area contributed by atoms with Crippen LogP contribution in [0.15, 0.2) is 23.1 Å². The number of aryl methyl sites for hydroxylation is 1. The van der Waals surface area contributed by atoms with Gasteiger partial charge in [0.05, 0.1) is 0 Å². The number of benzene rings is 1. The molecule has 3 rings (SSSR count). The number of thioether (sulfide) groups is 1. The molecule has 2 aromatic rings. The van der Waals surface area contributed by atoms with Crippen LogP contribution in [0.4, 0.5) is 0 Å². The van der Waals surface area contributed by atoms with Crippen molar-refractivity contribution in [2.45, 2.75) is 43.7 Å². The standard InChI is InChI=1S/C15H20N2S/c1-3-12(16)15-11-9-10(18-2)6-7-13(11)17-8-4-5-14(15)17/h6-7,9,12H,3-5,8,16H2,1-2H3/t12-/m0/s1. The molecule has 0 amide bonds. The molecular formula is C15H20N2S. The lowest BCUT2D eigenvalue weighted by atomic mass is 10.00. The summed E-state index contributed by atoms with van der Waals surface area (Å²) in [5.74, 6) is 0. The Morgan fingerprint density at radius 3 is 3.00 bits per heavy atom. The molecule has 0 saturated carbocycles. The molecule has 2 N–H and O–H groups in total. The molecule has 0 saturated heterocycles. The largest absolute Gasteiger partial charge is 0.344 e. The van der Waals surface area contributed by atoms with E-state index in [4.69, 9.17) is 5.73 Å². The van der Waals surface area contributed by atoms with Gasteiger partial charge in [-0.25, -0.2) is 0 Å². The molecule has 3 heteroatoms. The Hall–Kier alpha value is -0.930.